The average Bonchev–Trinajstić information content (AvgIpc) is 2.47. The highest BCUT2D eigenvalue weighted by Gasteiger charge is 2.27. The summed E-state index contributed by atoms with van der Waals surface area (Å²) in [6.45, 7) is 0.142. The summed E-state index contributed by atoms with van der Waals surface area (Å²) in [6, 6.07) is 7.16. The smallest absolute Gasteiger partial charge is 0.217 e. The number of anilines is 1. The van der Waals surface area contributed by atoms with Crippen LogP contribution in [0.25, 0.3) is 0 Å². The number of benzene rings is 1. The van der Waals surface area contributed by atoms with E-state index in [4.69, 9.17) is 10.5 Å². The minimum absolute atomic E-state index is 0.00516. The van der Waals surface area contributed by atoms with Gasteiger partial charge in [-0.15, -0.1) is 0 Å². The van der Waals surface area contributed by atoms with E-state index in [1.165, 1.54) is 10.7 Å². The summed E-state index contributed by atoms with van der Waals surface area (Å²) in [5.74, 6) is 0.597. The van der Waals surface area contributed by atoms with E-state index in [9.17, 15) is 8.42 Å². The predicted octanol–water partition coefficient (Wildman–Crippen LogP) is 2.24. The van der Waals surface area contributed by atoms with Gasteiger partial charge < -0.3 is 10.5 Å². The van der Waals surface area contributed by atoms with Gasteiger partial charge in [0.05, 0.1) is 5.75 Å². The number of nitrogens with zero attached hydrogens (tertiary/aromatic N) is 1. The quantitative estimate of drug-likeness (QED) is 0.818. The lowest BCUT2D eigenvalue weighted by Gasteiger charge is -2.30. The van der Waals surface area contributed by atoms with E-state index in [0.29, 0.717) is 11.4 Å². The van der Waals surface area contributed by atoms with Crippen molar-refractivity contribution in [2.24, 2.45) is 0 Å². The van der Waals surface area contributed by atoms with Crippen molar-refractivity contribution in [3.8, 4) is 5.75 Å². The third-order valence-corrected chi connectivity index (χ3v) is 5.85. The maximum atomic E-state index is 12.3. The van der Waals surface area contributed by atoms with Crippen molar-refractivity contribution in [3.05, 3.63) is 24.3 Å². The molecule has 1 aromatic rings. The third-order valence-electron chi connectivity index (χ3n) is 4.00. The molecule has 1 fully saturated rings. The van der Waals surface area contributed by atoms with Gasteiger partial charge in [-0.1, -0.05) is 25.3 Å². The minimum Gasteiger partial charge on any atom is -0.492 e. The molecule has 0 radical (unpaired) electrons. The van der Waals surface area contributed by atoms with Gasteiger partial charge in [0.2, 0.25) is 10.0 Å². The van der Waals surface area contributed by atoms with Gasteiger partial charge in [-0.2, -0.15) is 0 Å². The number of sulfonamides is 1. The summed E-state index contributed by atoms with van der Waals surface area (Å²) < 4.78 is 31.6. The summed E-state index contributed by atoms with van der Waals surface area (Å²) in [5.41, 5.74) is 6.26. The third kappa shape index (κ3) is 4.61. The van der Waals surface area contributed by atoms with Crippen molar-refractivity contribution < 1.29 is 13.2 Å². The summed E-state index contributed by atoms with van der Waals surface area (Å²) in [6.07, 6.45) is 5.37. The van der Waals surface area contributed by atoms with Gasteiger partial charge in [0.15, 0.2) is 0 Å². The first-order valence-corrected chi connectivity index (χ1v) is 9.04. The molecule has 0 unspecified atom stereocenters. The van der Waals surface area contributed by atoms with Crippen LogP contribution in [0.5, 0.6) is 5.75 Å². The Hall–Kier alpha value is -1.27. The zero-order valence-electron chi connectivity index (χ0n) is 12.5. The molecule has 0 atom stereocenters. The minimum atomic E-state index is -3.26. The van der Waals surface area contributed by atoms with Gasteiger partial charge >= 0.3 is 0 Å². The molecule has 6 heteroatoms. The van der Waals surface area contributed by atoms with Crippen LogP contribution in [0.2, 0.25) is 0 Å². The first-order chi connectivity index (χ1) is 9.99. The average molecular weight is 312 g/mol. The van der Waals surface area contributed by atoms with E-state index in [0.717, 1.165) is 25.7 Å². The van der Waals surface area contributed by atoms with Crippen LogP contribution in [0.4, 0.5) is 5.69 Å². The first-order valence-electron chi connectivity index (χ1n) is 7.43. The largest absolute Gasteiger partial charge is 0.492 e. The summed E-state index contributed by atoms with van der Waals surface area (Å²) in [7, 11) is -1.58. The highest BCUT2D eigenvalue weighted by atomic mass is 32.2. The Morgan fingerprint density at radius 2 is 2.00 bits per heavy atom. The summed E-state index contributed by atoms with van der Waals surface area (Å²) in [4.78, 5) is 0. The maximum absolute atomic E-state index is 12.3. The molecule has 0 heterocycles. The number of ether oxygens (including phenoxy) is 1. The summed E-state index contributed by atoms with van der Waals surface area (Å²) in [5, 5.41) is 0. The van der Waals surface area contributed by atoms with Gasteiger partial charge in [-0.25, -0.2) is 12.7 Å². The molecule has 1 aliphatic carbocycles. The van der Waals surface area contributed by atoms with Crippen molar-refractivity contribution in [1.82, 2.24) is 4.31 Å². The fraction of sp³-hybridized carbons (Fsp3) is 0.600. The Bertz CT molecular complexity index is 554. The molecule has 1 saturated carbocycles. The Morgan fingerprint density at radius 3 is 2.67 bits per heavy atom. The Kier molecular flexibility index (Phi) is 5.47. The van der Waals surface area contributed by atoms with Gasteiger partial charge in [0, 0.05) is 24.8 Å². The molecule has 1 aromatic carbocycles. The molecule has 0 aliphatic heterocycles. The lowest BCUT2D eigenvalue weighted by Crippen LogP contribution is -2.40. The second-order valence-electron chi connectivity index (χ2n) is 5.55. The highest BCUT2D eigenvalue weighted by molar-refractivity contribution is 7.89. The Morgan fingerprint density at radius 1 is 1.29 bits per heavy atom. The molecular weight excluding hydrogens is 288 g/mol. The molecule has 21 heavy (non-hydrogen) atoms. The first kappa shape index (κ1) is 16.1. The van der Waals surface area contributed by atoms with Crippen LogP contribution >= 0.6 is 0 Å². The summed E-state index contributed by atoms with van der Waals surface area (Å²) >= 11 is 0. The van der Waals surface area contributed by atoms with E-state index in [1.54, 1.807) is 31.3 Å². The molecule has 0 saturated heterocycles. The van der Waals surface area contributed by atoms with E-state index in [-0.39, 0.29) is 18.4 Å². The maximum Gasteiger partial charge on any atom is 0.217 e. The van der Waals surface area contributed by atoms with E-state index in [1.807, 2.05) is 0 Å². The second kappa shape index (κ2) is 7.13. The molecule has 1 aliphatic rings. The number of nitrogen functional groups attached to an aromatic ring is 1. The number of rotatable bonds is 6. The molecule has 0 bridgehead atoms. The topological polar surface area (TPSA) is 72.6 Å². The number of nitrogens with two attached hydrogens (primary N) is 1. The van der Waals surface area contributed by atoms with Gasteiger partial charge in [0.25, 0.3) is 0 Å². The van der Waals surface area contributed by atoms with Crippen LogP contribution in [-0.2, 0) is 10.0 Å². The molecule has 0 aromatic heterocycles. The Balaban J connectivity index is 1.85. The molecule has 2 N–H and O–H groups in total. The normalized spacial score (nSPS) is 17.0. The van der Waals surface area contributed by atoms with Crippen LogP contribution in [0.3, 0.4) is 0 Å². The van der Waals surface area contributed by atoms with Crippen molar-refractivity contribution >= 4 is 15.7 Å². The molecule has 0 spiro atoms. The van der Waals surface area contributed by atoms with E-state index >= 15 is 0 Å². The molecule has 2 rings (SSSR count). The highest BCUT2D eigenvalue weighted by Crippen LogP contribution is 2.23. The van der Waals surface area contributed by atoms with Crippen LogP contribution in [0, 0.1) is 0 Å². The zero-order valence-corrected chi connectivity index (χ0v) is 13.3. The van der Waals surface area contributed by atoms with Crippen LogP contribution in [0.15, 0.2) is 24.3 Å². The Labute approximate surface area is 127 Å². The zero-order chi connectivity index (χ0) is 15.3. The standard InChI is InChI=1S/C15H24N2O3S/c1-17(14-7-3-2-4-8-14)21(18,19)11-10-20-15-9-5-6-13(16)12-15/h5-6,9,12,14H,2-4,7-8,10-11,16H2,1H3. The van der Waals surface area contributed by atoms with Gasteiger partial charge in [0.1, 0.15) is 12.4 Å². The SMILES string of the molecule is CN(C1CCCCC1)S(=O)(=O)CCOc1cccc(N)c1. The lowest BCUT2D eigenvalue weighted by molar-refractivity contribution is 0.281. The molecular formula is C15H24N2O3S. The van der Waals surface area contributed by atoms with Crippen molar-refractivity contribution in [3.63, 3.8) is 0 Å². The van der Waals surface area contributed by atoms with Crippen molar-refractivity contribution in [2.75, 3.05) is 25.1 Å². The van der Waals surface area contributed by atoms with Crippen molar-refractivity contribution in [1.29, 1.82) is 0 Å². The van der Waals surface area contributed by atoms with Gasteiger partial charge in [-0.05, 0) is 25.0 Å². The molecule has 0 amide bonds. The van der Waals surface area contributed by atoms with Crippen LogP contribution in [-0.4, -0.2) is 38.2 Å². The van der Waals surface area contributed by atoms with Crippen molar-refractivity contribution in [2.45, 2.75) is 38.1 Å². The fourth-order valence-corrected chi connectivity index (χ4v) is 3.93. The second-order valence-corrected chi connectivity index (χ2v) is 7.69. The number of hydrogen-bond donors (Lipinski definition) is 1. The fourth-order valence-electron chi connectivity index (χ4n) is 2.68. The van der Waals surface area contributed by atoms with Gasteiger partial charge in [-0.3, -0.25) is 0 Å². The number of hydrogen-bond acceptors (Lipinski definition) is 4. The predicted molar refractivity (Wildman–Crippen MR) is 84.8 cm³/mol. The molecule has 5 nitrogen and oxygen atoms in total. The van der Waals surface area contributed by atoms with Crippen LogP contribution in [0.1, 0.15) is 32.1 Å². The monoisotopic (exact) mass is 312 g/mol. The van der Waals surface area contributed by atoms with E-state index < -0.39 is 10.0 Å². The van der Waals surface area contributed by atoms with E-state index in [2.05, 4.69) is 0 Å². The van der Waals surface area contributed by atoms with Crippen LogP contribution < -0.4 is 10.5 Å². The molecule has 118 valence electrons. The lowest BCUT2D eigenvalue weighted by atomic mass is 9.96.